The van der Waals surface area contributed by atoms with Crippen LogP contribution in [0.5, 0.6) is 0 Å². The molecule has 2 nitrogen and oxygen atoms in total. The Hall–Kier alpha value is -1.57. The molecule has 144 valence electrons. The van der Waals surface area contributed by atoms with Gasteiger partial charge in [-0.1, -0.05) is 95.0 Å². The number of aryl methyl sites for hydroxylation is 1. The fourth-order valence-corrected chi connectivity index (χ4v) is 3.82. The molecule has 1 N–H and O–H groups in total. The number of benzene rings is 1. The lowest BCUT2D eigenvalue weighted by Crippen LogP contribution is -2.37. The van der Waals surface area contributed by atoms with E-state index in [1.807, 2.05) is 6.20 Å². The van der Waals surface area contributed by atoms with Gasteiger partial charge >= 0.3 is 0 Å². The van der Waals surface area contributed by atoms with Crippen molar-refractivity contribution in [2.75, 3.05) is 0 Å². The van der Waals surface area contributed by atoms with Gasteiger partial charge in [0.2, 0.25) is 6.33 Å². The molecule has 0 saturated carbocycles. The SMILES string of the molecule is CCCCCCCCCCCCC(CCc1ccccc1)[n+]1cc[nH]c1. The third kappa shape index (κ3) is 8.69. The van der Waals surface area contributed by atoms with Gasteiger partial charge in [0.1, 0.15) is 18.4 Å². The maximum absolute atomic E-state index is 3.21. The molecule has 0 amide bonds. The van der Waals surface area contributed by atoms with Gasteiger partial charge in [0.05, 0.1) is 0 Å². The molecule has 0 spiro atoms. The van der Waals surface area contributed by atoms with Crippen LogP contribution in [0, 0.1) is 0 Å². The average molecular weight is 356 g/mol. The van der Waals surface area contributed by atoms with Gasteiger partial charge in [0, 0.05) is 0 Å². The molecule has 1 aromatic heterocycles. The van der Waals surface area contributed by atoms with Gasteiger partial charge in [-0.3, -0.25) is 4.98 Å². The minimum absolute atomic E-state index is 0.621. The molecule has 0 bridgehead atoms. The number of hydrogen-bond donors (Lipinski definition) is 1. The third-order valence-corrected chi connectivity index (χ3v) is 5.49. The van der Waals surface area contributed by atoms with Crippen molar-refractivity contribution < 1.29 is 4.57 Å². The van der Waals surface area contributed by atoms with Crippen molar-refractivity contribution >= 4 is 0 Å². The van der Waals surface area contributed by atoms with Gasteiger partial charge in [-0.2, -0.15) is 0 Å². The van der Waals surface area contributed by atoms with Crippen molar-refractivity contribution in [1.29, 1.82) is 0 Å². The predicted octanol–water partition coefficient (Wildman–Crippen LogP) is 6.79. The Morgan fingerprint density at radius 2 is 1.46 bits per heavy atom. The topological polar surface area (TPSA) is 19.7 Å². The van der Waals surface area contributed by atoms with Crippen LogP contribution in [0.4, 0.5) is 0 Å². The molecule has 26 heavy (non-hydrogen) atoms. The zero-order valence-electron chi connectivity index (χ0n) is 16.8. The summed E-state index contributed by atoms with van der Waals surface area (Å²) in [6, 6.07) is 11.5. The molecule has 2 heteroatoms. The second-order valence-electron chi connectivity index (χ2n) is 7.71. The van der Waals surface area contributed by atoms with Crippen LogP contribution >= 0.6 is 0 Å². The predicted molar refractivity (Wildman–Crippen MR) is 111 cm³/mol. The fourth-order valence-electron chi connectivity index (χ4n) is 3.82. The van der Waals surface area contributed by atoms with Crippen LogP contribution in [0.3, 0.4) is 0 Å². The highest BCUT2D eigenvalue weighted by Gasteiger charge is 2.15. The van der Waals surface area contributed by atoms with Crippen LogP contribution in [0.1, 0.15) is 95.6 Å². The molecule has 1 atom stereocenters. The van der Waals surface area contributed by atoms with Crippen molar-refractivity contribution in [2.45, 2.75) is 96.4 Å². The lowest BCUT2D eigenvalue weighted by molar-refractivity contribution is -0.723. The summed E-state index contributed by atoms with van der Waals surface area (Å²) in [5.74, 6) is 0. The molecule has 1 heterocycles. The van der Waals surface area contributed by atoms with Crippen molar-refractivity contribution in [1.82, 2.24) is 4.98 Å². The van der Waals surface area contributed by atoms with E-state index in [0.29, 0.717) is 6.04 Å². The third-order valence-electron chi connectivity index (χ3n) is 5.49. The monoisotopic (exact) mass is 355 g/mol. The molecule has 0 aliphatic heterocycles. The molecule has 0 saturated heterocycles. The van der Waals surface area contributed by atoms with E-state index in [0.717, 1.165) is 0 Å². The number of nitrogens with zero attached hydrogens (tertiary/aromatic N) is 1. The van der Waals surface area contributed by atoms with E-state index in [-0.39, 0.29) is 0 Å². The molecule has 0 radical (unpaired) electrons. The Balaban J connectivity index is 1.60. The first kappa shape index (κ1) is 20.7. The Kier molecular flexibility index (Phi) is 10.9. The van der Waals surface area contributed by atoms with E-state index in [1.165, 1.54) is 89.0 Å². The lowest BCUT2D eigenvalue weighted by Gasteiger charge is -2.14. The molecule has 2 rings (SSSR count). The summed E-state index contributed by atoms with van der Waals surface area (Å²) < 4.78 is 2.37. The zero-order valence-corrected chi connectivity index (χ0v) is 16.8. The summed E-state index contributed by atoms with van der Waals surface area (Å²) in [4.78, 5) is 3.21. The molecule has 0 fully saturated rings. The second kappa shape index (κ2) is 13.6. The maximum Gasteiger partial charge on any atom is 0.241 e. The second-order valence-corrected chi connectivity index (χ2v) is 7.71. The van der Waals surface area contributed by atoms with Gasteiger partial charge in [-0.05, 0) is 31.2 Å². The van der Waals surface area contributed by atoms with Crippen molar-refractivity contribution in [3.63, 3.8) is 0 Å². The summed E-state index contributed by atoms with van der Waals surface area (Å²) in [7, 11) is 0. The lowest BCUT2D eigenvalue weighted by atomic mass is 9.99. The number of rotatable bonds is 15. The standard InChI is InChI=1S/C24H38N2/c1-2-3-4-5-6-7-8-9-10-14-17-24(26-21-20-25-22-26)19-18-23-15-12-11-13-16-23/h11-13,15-16,20-22,24H,2-10,14,17-19H2,1H3/p+1. The van der Waals surface area contributed by atoms with Gasteiger partial charge in [0.25, 0.3) is 0 Å². The normalized spacial score (nSPS) is 12.3. The molecule has 0 aliphatic carbocycles. The largest absolute Gasteiger partial charge is 0.250 e. The number of unbranched alkanes of at least 4 members (excludes halogenated alkanes) is 9. The zero-order chi connectivity index (χ0) is 18.3. The summed E-state index contributed by atoms with van der Waals surface area (Å²) in [5, 5.41) is 0. The van der Waals surface area contributed by atoms with Crippen molar-refractivity contribution in [3.05, 3.63) is 54.6 Å². The van der Waals surface area contributed by atoms with Crippen LogP contribution in [0.15, 0.2) is 49.1 Å². The number of imidazole rings is 1. The number of hydrogen-bond acceptors (Lipinski definition) is 0. The van der Waals surface area contributed by atoms with Gasteiger partial charge < -0.3 is 0 Å². The Bertz CT molecular complexity index is 533. The molecule has 2 aromatic rings. The molecule has 1 unspecified atom stereocenters. The van der Waals surface area contributed by atoms with E-state index in [9.17, 15) is 0 Å². The Morgan fingerprint density at radius 1 is 0.808 bits per heavy atom. The molecular weight excluding hydrogens is 316 g/mol. The van der Waals surface area contributed by atoms with Gasteiger partial charge in [-0.15, -0.1) is 0 Å². The van der Waals surface area contributed by atoms with Crippen molar-refractivity contribution in [2.24, 2.45) is 0 Å². The highest BCUT2D eigenvalue weighted by molar-refractivity contribution is 5.14. The first-order chi connectivity index (χ1) is 12.9. The minimum Gasteiger partial charge on any atom is -0.250 e. The quantitative estimate of drug-likeness (QED) is 0.268. The summed E-state index contributed by atoms with van der Waals surface area (Å²) in [5.41, 5.74) is 1.46. The number of aromatic nitrogens is 2. The molecular formula is C24H39N2+. The first-order valence-electron chi connectivity index (χ1n) is 11.0. The van der Waals surface area contributed by atoms with Crippen LogP contribution in [0.2, 0.25) is 0 Å². The highest BCUT2D eigenvalue weighted by atomic mass is 15.0. The maximum atomic E-state index is 3.21. The van der Waals surface area contributed by atoms with E-state index >= 15 is 0 Å². The minimum atomic E-state index is 0.621. The van der Waals surface area contributed by atoms with E-state index in [1.54, 1.807) is 0 Å². The van der Waals surface area contributed by atoms with E-state index in [4.69, 9.17) is 0 Å². The highest BCUT2D eigenvalue weighted by Crippen LogP contribution is 2.18. The smallest absolute Gasteiger partial charge is 0.241 e. The van der Waals surface area contributed by atoms with Crippen LogP contribution in [-0.4, -0.2) is 4.98 Å². The van der Waals surface area contributed by atoms with E-state index < -0.39 is 0 Å². The number of H-pyrrole nitrogens is 1. The summed E-state index contributed by atoms with van der Waals surface area (Å²) in [6.07, 6.45) is 24.2. The number of nitrogens with one attached hydrogen (secondary N) is 1. The Labute approximate surface area is 161 Å². The first-order valence-corrected chi connectivity index (χ1v) is 11.0. The van der Waals surface area contributed by atoms with Crippen LogP contribution in [0.25, 0.3) is 0 Å². The Morgan fingerprint density at radius 3 is 2.08 bits per heavy atom. The van der Waals surface area contributed by atoms with Gasteiger partial charge in [-0.25, -0.2) is 4.57 Å². The molecule has 0 aliphatic rings. The van der Waals surface area contributed by atoms with Crippen LogP contribution < -0.4 is 4.57 Å². The molecule has 1 aromatic carbocycles. The van der Waals surface area contributed by atoms with Crippen molar-refractivity contribution in [3.8, 4) is 0 Å². The summed E-state index contributed by atoms with van der Waals surface area (Å²) >= 11 is 0. The fraction of sp³-hybridized carbons (Fsp3) is 0.625. The number of aromatic amines is 1. The van der Waals surface area contributed by atoms with E-state index in [2.05, 4.69) is 59.3 Å². The average Bonchev–Trinajstić information content (AvgIpc) is 3.21. The van der Waals surface area contributed by atoms with Gasteiger partial charge in [0.15, 0.2) is 0 Å². The summed E-state index contributed by atoms with van der Waals surface area (Å²) in [6.45, 7) is 2.29. The van der Waals surface area contributed by atoms with Crippen LogP contribution in [-0.2, 0) is 6.42 Å².